The number of thiophene rings is 1. The molecule has 0 bridgehead atoms. The monoisotopic (exact) mass is 391 g/mol. The van der Waals surface area contributed by atoms with E-state index in [9.17, 15) is 13.4 Å². The molecule has 0 saturated carbocycles. The van der Waals surface area contributed by atoms with Crippen LogP contribution in [0.1, 0.15) is 9.67 Å². The molecule has 3 rings (SSSR count). The fourth-order valence-corrected chi connectivity index (χ4v) is 3.93. The number of methoxy groups -OCH3 is 1. The number of hydrogen-bond acceptors (Lipinski definition) is 4. The molecule has 1 unspecified atom stereocenters. The molecule has 0 radical (unpaired) electrons. The van der Waals surface area contributed by atoms with Gasteiger partial charge in [-0.1, -0.05) is 36.4 Å². The van der Waals surface area contributed by atoms with E-state index in [2.05, 4.69) is 4.72 Å². The van der Waals surface area contributed by atoms with Crippen molar-refractivity contribution >= 4 is 34.3 Å². The summed E-state index contributed by atoms with van der Waals surface area (Å²) >= 11 is -1.16. The lowest BCUT2D eigenvalue weighted by Crippen LogP contribution is -2.04. The van der Waals surface area contributed by atoms with E-state index in [4.69, 9.17) is 9.29 Å². The second-order valence-corrected chi connectivity index (χ2v) is 6.84. The maximum absolute atomic E-state index is 14.3. The summed E-state index contributed by atoms with van der Waals surface area (Å²) in [6.07, 6.45) is 0. The van der Waals surface area contributed by atoms with Crippen molar-refractivity contribution in [2.75, 3.05) is 11.8 Å². The van der Waals surface area contributed by atoms with Crippen LogP contribution in [0, 0.1) is 5.82 Å². The molecular formula is C18H14FNO4S2. The van der Waals surface area contributed by atoms with Gasteiger partial charge in [-0.25, -0.2) is 13.4 Å². The van der Waals surface area contributed by atoms with Gasteiger partial charge in [-0.2, -0.15) is 0 Å². The number of nitrogens with one attached hydrogen (secondary N) is 1. The van der Waals surface area contributed by atoms with Gasteiger partial charge >= 0.3 is 5.97 Å². The molecule has 0 aliphatic carbocycles. The smallest absolute Gasteiger partial charge is 0.348 e. The summed E-state index contributed by atoms with van der Waals surface area (Å²) in [5.74, 6) is -1.21. The zero-order valence-corrected chi connectivity index (χ0v) is 15.2. The molecule has 0 spiro atoms. The Morgan fingerprint density at radius 3 is 2.54 bits per heavy atom. The number of benzene rings is 2. The first-order valence-corrected chi connectivity index (χ1v) is 9.42. The van der Waals surface area contributed by atoms with Gasteiger partial charge < -0.3 is 4.74 Å². The number of halogens is 1. The van der Waals surface area contributed by atoms with Crippen molar-refractivity contribution < 1.29 is 22.7 Å². The Bertz CT molecular complexity index is 973. The van der Waals surface area contributed by atoms with Gasteiger partial charge in [0.1, 0.15) is 10.7 Å². The van der Waals surface area contributed by atoms with Gasteiger partial charge in [-0.15, -0.1) is 11.3 Å². The van der Waals surface area contributed by atoms with Crippen LogP contribution in [0.4, 0.5) is 10.1 Å². The Morgan fingerprint density at radius 2 is 1.92 bits per heavy atom. The highest BCUT2D eigenvalue weighted by molar-refractivity contribution is 7.80. The van der Waals surface area contributed by atoms with Crippen LogP contribution in [0.15, 0.2) is 53.9 Å². The van der Waals surface area contributed by atoms with Crippen LogP contribution >= 0.6 is 11.3 Å². The summed E-state index contributed by atoms with van der Waals surface area (Å²) in [7, 11) is 1.29. The van der Waals surface area contributed by atoms with Crippen LogP contribution in [0.2, 0.25) is 0 Å². The third kappa shape index (κ3) is 3.67. The van der Waals surface area contributed by atoms with Gasteiger partial charge in [-0.3, -0.25) is 9.27 Å². The second kappa shape index (κ2) is 7.77. The zero-order chi connectivity index (χ0) is 18.7. The van der Waals surface area contributed by atoms with Crippen LogP contribution in [0.25, 0.3) is 22.3 Å². The van der Waals surface area contributed by atoms with E-state index in [-0.39, 0.29) is 5.69 Å². The molecule has 5 nitrogen and oxygen atoms in total. The molecule has 1 aromatic heterocycles. The first kappa shape index (κ1) is 18.2. The SMILES string of the molecule is COC(=O)c1scc(-c2ccccc2)c1-c1ccc(NS(=O)O)c(F)c1. The standard InChI is InChI=1S/C18H14FNO4S2/c1-24-18(21)17-16(13(10-25-17)11-5-3-2-4-6-11)12-7-8-15(14(19)9-12)20-26(22)23/h2-10,20H,1H3,(H,22,23). The Labute approximate surface area is 155 Å². The Kier molecular flexibility index (Phi) is 5.46. The van der Waals surface area contributed by atoms with Gasteiger partial charge in [0.15, 0.2) is 0 Å². The van der Waals surface area contributed by atoms with Crippen molar-refractivity contribution in [3.05, 3.63) is 64.6 Å². The third-order valence-electron chi connectivity index (χ3n) is 3.70. The summed E-state index contributed by atoms with van der Waals surface area (Å²) in [4.78, 5) is 12.5. The number of hydrogen-bond donors (Lipinski definition) is 2. The molecule has 0 amide bonds. The van der Waals surface area contributed by atoms with Crippen molar-refractivity contribution in [2.24, 2.45) is 0 Å². The van der Waals surface area contributed by atoms with Crippen molar-refractivity contribution in [1.82, 2.24) is 0 Å². The van der Waals surface area contributed by atoms with Crippen molar-refractivity contribution in [3.63, 3.8) is 0 Å². The number of anilines is 1. The highest BCUT2D eigenvalue weighted by Gasteiger charge is 2.22. The molecule has 0 aliphatic rings. The van der Waals surface area contributed by atoms with Crippen LogP contribution in [0.5, 0.6) is 0 Å². The molecular weight excluding hydrogens is 377 g/mol. The molecule has 0 saturated heterocycles. The van der Waals surface area contributed by atoms with Crippen LogP contribution in [-0.2, 0) is 16.0 Å². The minimum Gasteiger partial charge on any atom is -0.465 e. The van der Waals surface area contributed by atoms with E-state index in [0.29, 0.717) is 16.0 Å². The number of esters is 1. The molecule has 0 aliphatic heterocycles. The lowest BCUT2D eigenvalue weighted by Gasteiger charge is -2.10. The lowest BCUT2D eigenvalue weighted by atomic mass is 9.96. The van der Waals surface area contributed by atoms with E-state index < -0.39 is 23.1 Å². The normalized spacial score (nSPS) is 11.8. The number of carbonyl (C=O) groups is 1. The van der Waals surface area contributed by atoms with Crippen LogP contribution < -0.4 is 4.72 Å². The third-order valence-corrected chi connectivity index (χ3v) is 5.06. The lowest BCUT2D eigenvalue weighted by molar-refractivity contribution is 0.0607. The largest absolute Gasteiger partial charge is 0.465 e. The number of carbonyl (C=O) groups excluding carboxylic acids is 1. The zero-order valence-electron chi connectivity index (χ0n) is 13.6. The first-order valence-electron chi connectivity index (χ1n) is 7.44. The Hall–Kier alpha value is -2.55. The maximum atomic E-state index is 14.3. The van der Waals surface area contributed by atoms with Crippen LogP contribution in [0.3, 0.4) is 0 Å². The van der Waals surface area contributed by atoms with Gasteiger partial charge in [0.25, 0.3) is 11.3 Å². The molecule has 2 N–H and O–H groups in total. The van der Waals surface area contributed by atoms with Gasteiger partial charge in [0.05, 0.1) is 12.8 Å². The van der Waals surface area contributed by atoms with Crippen molar-refractivity contribution in [2.45, 2.75) is 0 Å². The quantitative estimate of drug-likeness (QED) is 0.494. The molecule has 3 aromatic rings. The number of ether oxygens (including phenoxy) is 1. The van der Waals surface area contributed by atoms with Gasteiger partial charge in [0, 0.05) is 16.5 Å². The van der Waals surface area contributed by atoms with E-state index in [1.807, 2.05) is 35.7 Å². The summed E-state index contributed by atoms with van der Waals surface area (Å²) in [6.45, 7) is 0. The minimum atomic E-state index is -2.38. The number of rotatable bonds is 5. The highest BCUT2D eigenvalue weighted by Crippen LogP contribution is 2.40. The van der Waals surface area contributed by atoms with Crippen LogP contribution in [-0.4, -0.2) is 21.8 Å². The minimum absolute atomic E-state index is 0.106. The van der Waals surface area contributed by atoms with Gasteiger partial charge in [-0.05, 0) is 23.3 Å². The molecule has 2 aromatic carbocycles. The fourth-order valence-electron chi connectivity index (χ4n) is 2.57. The van der Waals surface area contributed by atoms with Crippen molar-refractivity contribution in [3.8, 4) is 22.3 Å². The van der Waals surface area contributed by atoms with E-state index in [1.54, 1.807) is 6.07 Å². The molecule has 1 heterocycles. The molecule has 8 heteroatoms. The average molecular weight is 391 g/mol. The second-order valence-electron chi connectivity index (χ2n) is 5.26. The Morgan fingerprint density at radius 1 is 1.19 bits per heavy atom. The summed E-state index contributed by atoms with van der Waals surface area (Å²) in [5.41, 5.74) is 2.58. The molecule has 1 atom stereocenters. The van der Waals surface area contributed by atoms with E-state index in [0.717, 1.165) is 11.1 Å². The molecule has 0 fully saturated rings. The van der Waals surface area contributed by atoms with Crippen molar-refractivity contribution in [1.29, 1.82) is 0 Å². The first-order chi connectivity index (χ1) is 12.5. The fraction of sp³-hybridized carbons (Fsp3) is 0.0556. The summed E-state index contributed by atoms with van der Waals surface area (Å²) < 4.78 is 41.0. The molecule has 26 heavy (non-hydrogen) atoms. The van der Waals surface area contributed by atoms with Gasteiger partial charge in [0.2, 0.25) is 0 Å². The van der Waals surface area contributed by atoms with E-state index >= 15 is 0 Å². The predicted molar refractivity (Wildman–Crippen MR) is 101 cm³/mol. The topological polar surface area (TPSA) is 75.6 Å². The summed E-state index contributed by atoms with van der Waals surface area (Å²) in [5, 5.41) is 1.82. The predicted octanol–water partition coefficient (Wildman–Crippen LogP) is 4.56. The van der Waals surface area contributed by atoms with E-state index in [1.165, 1.54) is 30.6 Å². The maximum Gasteiger partial charge on any atom is 0.348 e. The summed E-state index contributed by atoms with van der Waals surface area (Å²) in [6, 6.07) is 13.6. The molecule has 134 valence electrons. The average Bonchev–Trinajstić information content (AvgIpc) is 3.08. The Balaban J connectivity index is 2.16. The highest BCUT2D eigenvalue weighted by atomic mass is 32.2.